The van der Waals surface area contributed by atoms with E-state index in [0.717, 1.165) is 12.8 Å². The normalized spacial score (nSPS) is 18.9. The molecule has 1 rings (SSSR count). The van der Waals surface area contributed by atoms with E-state index in [1.165, 1.54) is 19.3 Å². The number of carbonyl (C=O) groups is 1. The molecule has 0 unspecified atom stereocenters. The maximum Gasteiger partial charge on any atom is 0.220 e. The van der Waals surface area contributed by atoms with E-state index in [4.69, 9.17) is 10.5 Å². The van der Waals surface area contributed by atoms with Crippen molar-refractivity contribution in [3.05, 3.63) is 0 Å². The van der Waals surface area contributed by atoms with Crippen molar-refractivity contribution in [1.82, 2.24) is 5.32 Å². The van der Waals surface area contributed by atoms with E-state index in [0.29, 0.717) is 26.1 Å². The number of nitrogens with two attached hydrogens (primary N) is 1. The summed E-state index contributed by atoms with van der Waals surface area (Å²) in [4.78, 5) is 11.9. The van der Waals surface area contributed by atoms with E-state index < -0.39 is 0 Å². The van der Waals surface area contributed by atoms with Crippen LogP contribution in [-0.2, 0) is 9.53 Å². The monoisotopic (exact) mass is 256 g/mol. The summed E-state index contributed by atoms with van der Waals surface area (Å²) < 4.78 is 5.39. The first-order chi connectivity index (χ1) is 8.58. The minimum absolute atomic E-state index is 0.0568. The van der Waals surface area contributed by atoms with E-state index in [9.17, 15) is 4.79 Å². The first-order valence-corrected chi connectivity index (χ1v) is 7.16. The smallest absolute Gasteiger partial charge is 0.220 e. The molecule has 0 bridgehead atoms. The highest BCUT2D eigenvalue weighted by molar-refractivity contribution is 5.76. The van der Waals surface area contributed by atoms with Crippen LogP contribution in [0.3, 0.4) is 0 Å². The number of amides is 1. The highest BCUT2D eigenvalue weighted by Crippen LogP contribution is 2.38. The molecular weight excluding hydrogens is 228 g/mol. The average molecular weight is 256 g/mol. The quantitative estimate of drug-likeness (QED) is 0.683. The third kappa shape index (κ3) is 5.36. The minimum atomic E-state index is 0.0568. The van der Waals surface area contributed by atoms with Crippen LogP contribution in [0.2, 0.25) is 0 Å². The summed E-state index contributed by atoms with van der Waals surface area (Å²) >= 11 is 0. The summed E-state index contributed by atoms with van der Waals surface area (Å²) in [5.41, 5.74) is 5.93. The van der Waals surface area contributed by atoms with Gasteiger partial charge in [0.05, 0.1) is 12.7 Å². The highest BCUT2D eigenvalue weighted by atomic mass is 16.5. The van der Waals surface area contributed by atoms with Crippen molar-refractivity contribution in [3.8, 4) is 0 Å². The summed E-state index contributed by atoms with van der Waals surface area (Å²) in [6, 6.07) is 0. The fourth-order valence-corrected chi connectivity index (χ4v) is 2.64. The van der Waals surface area contributed by atoms with Crippen molar-refractivity contribution >= 4 is 5.91 Å². The van der Waals surface area contributed by atoms with Gasteiger partial charge in [-0.15, -0.1) is 0 Å². The molecule has 106 valence electrons. The van der Waals surface area contributed by atoms with Crippen molar-refractivity contribution in [1.29, 1.82) is 0 Å². The number of ether oxygens (including phenoxy) is 1. The molecule has 0 heterocycles. The van der Waals surface area contributed by atoms with Crippen LogP contribution in [0.1, 0.15) is 52.4 Å². The van der Waals surface area contributed by atoms with Gasteiger partial charge in [0.25, 0.3) is 0 Å². The Morgan fingerprint density at radius 3 is 2.56 bits per heavy atom. The number of hydrogen-bond acceptors (Lipinski definition) is 3. The second kappa shape index (κ2) is 7.74. The maximum atomic E-state index is 11.9. The standard InChI is InChI=1S/C14H28N2O2/c1-12(2)18-9-8-16-13(17)10-14(11-15)6-4-3-5-7-14/h12H,3-11,15H2,1-2H3,(H,16,17). The van der Waals surface area contributed by atoms with Crippen molar-refractivity contribution in [2.45, 2.75) is 58.5 Å². The molecule has 1 saturated carbocycles. The van der Waals surface area contributed by atoms with Crippen LogP contribution in [0.25, 0.3) is 0 Å². The molecule has 0 spiro atoms. The largest absolute Gasteiger partial charge is 0.377 e. The number of hydrogen-bond donors (Lipinski definition) is 2. The van der Waals surface area contributed by atoms with Crippen molar-refractivity contribution in [2.24, 2.45) is 11.1 Å². The van der Waals surface area contributed by atoms with Gasteiger partial charge in [-0.2, -0.15) is 0 Å². The Morgan fingerprint density at radius 2 is 2.00 bits per heavy atom. The number of carbonyl (C=O) groups excluding carboxylic acids is 1. The molecule has 1 aliphatic carbocycles. The van der Waals surface area contributed by atoms with Gasteiger partial charge in [0.2, 0.25) is 5.91 Å². The molecule has 1 amide bonds. The van der Waals surface area contributed by atoms with E-state index in [-0.39, 0.29) is 17.4 Å². The third-order valence-corrected chi connectivity index (χ3v) is 3.76. The molecule has 1 fully saturated rings. The second-order valence-electron chi connectivity index (χ2n) is 5.71. The van der Waals surface area contributed by atoms with Gasteiger partial charge in [-0.05, 0) is 38.6 Å². The van der Waals surface area contributed by atoms with Gasteiger partial charge >= 0.3 is 0 Å². The van der Waals surface area contributed by atoms with Crippen molar-refractivity contribution in [3.63, 3.8) is 0 Å². The van der Waals surface area contributed by atoms with Gasteiger partial charge in [-0.1, -0.05) is 19.3 Å². The Hall–Kier alpha value is -0.610. The van der Waals surface area contributed by atoms with Gasteiger partial charge < -0.3 is 15.8 Å². The molecule has 0 aromatic rings. The topological polar surface area (TPSA) is 64.3 Å². The lowest BCUT2D eigenvalue weighted by molar-refractivity contribution is -0.124. The van der Waals surface area contributed by atoms with Crippen molar-refractivity contribution < 1.29 is 9.53 Å². The summed E-state index contributed by atoms with van der Waals surface area (Å²) in [5, 5.41) is 2.92. The fraction of sp³-hybridized carbons (Fsp3) is 0.929. The van der Waals surface area contributed by atoms with Gasteiger partial charge in [-0.3, -0.25) is 4.79 Å². The predicted molar refractivity (Wildman–Crippen MR) is 73.3 cm³/mol. The fourth-order valence-electron chi connectivity index (χ4n) is 2.64. The Bertz CT molecular complexity index is 248. The zero-order valence-corrected chi connectivity index (χ0v) is 11.8. The van der Waals surface area contributed by atoms with E-state index in [2.05, 4.69) is 5.32 Å². The SMILES string of the molecule is CC(C)OCCNC(=O)CC1(CN)CCCCC1. The van der Waals surface area contributed by atoms with E-state index in [1.54, 1.807) is 0 Å². The van der Waals surface area contributed by atoms with Gasteiger partial charge in [0.15, 0.2) is 0 Å². The lowest BCUT2D eigenvalue weighted by atomic mass is 9.72. The van der Waals surface area contributed by atoms with Crippen LogP contribution < -0.4 is 11.1 Å². The summed E-state index contributed by atoms with van der Waals surface area (Å²) in [6.07, 6.45) is 6.69. The molecule has 1 aliphatic rings. The Kier molecular flexibility index (Phi) is 6.65. The van der Waals surface area contributed by atoms with Crippen molar-refractivity contribution in [2.75, 3.05) is 19.7 Å². The molecule has 18 heavy (non-hydrogen) atoms. The minimum Gasteiger partial charge on any atom is -0.377 e. The molecule has 3 N–H and O–H groups in total. The van der Waals surface area contributed by atoms with E-state index in [1.807, 2.05) is 13.8 Å². The van der Waals surface area contributed by atoms with Crippen LogP contribution in [0.15, 0.2) is 0 Å². The van der Waals surface area contributed by atoms with Crippen LogP contribution >= 0.6 is 0 Å². The molecule has 0 aliphatic heterocycles. The van der Waals surface area contributed by atoms with Gasteiger partial charge in [0, 0.05) is 13.0 Å². The Labute approximate surface area is 111 Å². The zero-order chi connectivity index (χ0) is 13.4. The predicted octanol–water partition coefficient (Wildman–Crippen LogP) is 1.83. The second-order valence-corrected chi connectivity index (χ2v) is 5.71. The molecule has 0 radical (unpaired) electrons. The molecule has 0 atom stereocenters. The molecular formula is C14H28N2O2. The molecule has 0 aromatic heterocycles. The first kappa shape index (κ1) is 15.4. The summed E-state index contributed by atoms with van der Waals surface area (Å²) in [6.45, 7) is 5.79. The van der Waals surface area contributed by atoms with Crippen LogP contribution in [-0.4, -0.2) is 31.7 Å². The highest BCUT2D eigenvalue weighted by Gasteiger charge is 2.32. The Balaban J connectivity index is 2.25. The zero-order valence-electron chi connectivity index (χ0n) is 11.8. The lowest BCUT2D eigenvalue weighted by Crippen LogP contribution is -2.39. The molecule has 0 saturated heterocycles. The van der Waals surface area contributed by atoms with Gasteiger partial charge in [-0.25, -0.2) is 0 Å². The first-order valence-electron chi connectivity index (χ1n) is 7.16. The third-order valence-electron chi connectivity index (χ3n) is 3.76. The number of rotatable bonds is 7. The summed E-state index contributed by atoms with van der Waals surface area (Å²) in [5.74, 6) is 0.120. The van der Waals surface area contributed by atoms with Crippen LogP contribution in [0, 0.1) is 5.41 Å². The Morgan fingerprint density at radius 1 is 1.33 bits per heavy atom. The van der Waals surface area contributed by atoms with Crippen LogP contribution in [0.4, 0.5) is 0 Å². The lowest BCUT2D eigenvalue weighted by Gasteiger charge is -2.35. The average Bonchev–Trinajstić information content (AvgIpc) is 2.35. The number of nitrogens with one attached hydrogen (secondary N) is 1. The summed E-state index contributed by atoms with van der Waals surface area (Å²) in [7, 11) is 0. The van der Waals surface area contributed by atoms with Crippen LogP contribution in [0.5, 0.6) is 0 Å². The molecule has 4 heteroatoms. The molecule has 4 nitrogen and oxygen atoms in total. The van der Waals surface area contributed by atoms with E-state index >= 15 is 0 Å². The maximum absolute atomic E-state index is 11.9. The van der Waals surface area contributed by atoms with Gasteiger partial charge in [0.1, 0.15) is 0 Å². The molecule has 0 aromatic carbocycles.